The number of amides is 1. The molecular formula is C21H25N3O3S. The van der Waals surface area contributed by atoms with Crippen LogP contribution in [0.2, 0.25) is 0 Å². The van der Waals surface area contributed by atoms with Crippen LogP contribution in [0.3, 0.4) is 0 Å². The van der Waals surface area contributed by atoms with Crippen LogP contribution in [0.4, 0.5) is 5.69 Å². The predicted octanol–water partition coefficient (Wildman–Crippen LogP) is 2.55. The van der Waals surface area contributed by atoms with E-state index in [0.29, 0.717) is 26.2 Å². The fourth-order valence-electron chi connectivity index (χ4n) is 3.08. The largest absolute Gasteiger partial charge is 0.325 e. The molecule has 1 heterocycles. The number of sulfonamides is 1. The Balaban J connectivity index is 1.49. The average Bonchev–Trinajstić information content (AvgIpc) is 2.68. The Morgan fingerprint density at radius 2 is 1.75 bits per heavy atom. The summed E-state index contributed by atoms with van der Waals surface area (Å²) in [7, 11) is -3.46. The quantitative estimate of drug-likeness (QED) is 0.811. The lowest BCUT2D eigenvalue weighted by Crippen LogP contribution is -2.49. The van der Waals surface area contributed by atoms with Gasteiger partial charge in [0, 0.05) is 37.3 Å². The first-order valence-corrected chi connectivity index (χ1v) is 10.7. The van der Waals surface area contributed by atoms with Crippen molar-refractivity contribution < 1.29 is 13.2 Å². The molecule has 0 atom stereocenters. The number of nitrogens with zero attached hydrogens (tertiary/aromatic N) is 2. The van der Waals surface area contributed by atoms with Crippen molar-refractivity contribution in [2.45, 2.75) is 6.92 Å². The highest BCUT2D eigenvalue weighted by atomic mass is 32.2. The van der Waals surface area contributed by atoms with Crippen molar-refractivity contribution >= 4 is 27.7 Å². The van der Waals surface area contributed by atoms with E-state index in [1.165, 1.54) is 9.71 Å². The molecule has 1 saturated heterocycles. The highest BCUT2D eigenvalue weighted by Crippen LogP contribution is 2.13. The molecule has 7 heteroatoms. The maximum absolute atomic E-state index is 12.5. The predicted molar refractivity (Wildman–Crippen MR) is 112 cm³/mol. The minimum Gasteiger partial charge on any atom is -0.325 e. The van der Waals surface area contributed by atoms with E-state index in [4.69, 9.17) is 0 Å². The van der Waals surface area contributed by atoms with Gasteiger partial charge in [0.05, 0.1) is 6.54 Å². The summed E-state index contributed by atoms with van der Waals surface area (Å²) in [4.78, 5) is 14.2. The number of rotatable bonds is 6. The van der Waals surface area contributed by atoms with Gasteiger partial charge in [-0.3, -0.25) is 9.69 Å². The highest BCUT2D eigenvalue weighted by molar-refractivity contribution is 7.92. The van der Waals surface area contributed by atoms with Gasteiger partial charge >= 0.3 is 0 Å². The lowest BCUT2D eigenvalue weighted by Gasteiger charge is -2.32. The van der Waals surface area contributed by atoms with Gasteiger partial charge in [0.2, 0.25) is 15.9 Å². The molecule has 0 spiro atoms. The zero-order valence-corrected chi connectivity index (χ0v) is 16.7. The number of piperazine rings is 1. The Hall–Kier alpha value is -2.48. The van der Waals surface area contributed by atoms with Gasteiger partial charge in [-0.05, 0) is 36.3 Å². The molecule has 2 aromatic rings. The van der Waals surface area contributed by atoms with Crippen molar-refractivity contribution in [3.8, 4) is 0 Å². The van der Waals surface area contributed by atoms with Gasteiger partial charge in [0.1, 0.15) is 0 Å². The molecule has 1 N–H and O–H groups in total. The number of nitrogens with one attached hydrogen (secondary N) is 1. The summed E-state index contributed by atoms with van der Waals surface area (Å²) in [5.74, 6) is -0.0918. The molecule has 6 nitrogen and oxygen atoms in total. The van der Waals surface area contributed by atoms with Gasteiger partial charge < -0.3 is 5.32 Å². The van der Waals surface area contributed by atoms with Crippen LogP contribution in [0.5, 0.6) is 0 Å². The van der Waals surface area contributed by atoms with Gasteiger partial charge in [0.25, 0.3) is 0 Å². The lowest BCUT2D eigenvalue weighted by molar-refractivity contribution is -0.117. The first-order chi connectivity index (χ1) is 13.4. The van der Waals surface area contributed by atoms with Crippen LogP contribution < -0.4 is 5.32 Å². The summed E-state index contributed by atoms with van der Waals surface area (Å²) in [5.41, 5.74) is 2.70. The van der Waals surface area contributed by atoms with Crippen LogP contribution in [0.1, 0.15) is 11.1 Å². The average molecular weight is 400 g/mol. The molecule has 0 unspecified atom stereocenters. The van der Waals surface area contributed by atoms with E-state index >= 15 is 0 Å². The molecule has 2 aromatic carbocycles. The van der Waals surface area contributed by atoms with Crippen molar-refractivity contribution in [3.63, 3.8) is 0 Å². The van der Waals surface area contributed by atoms with Gasteiger partial charge in [-0.1, -0.05) is 42.5 Å². The standard InChI is InChI=1S/C21H25N3O3S/c1-18-6-5-9-20(16-18)22-21(25)17-23-11-13-24(14-12-23)28(26,27)15-10-19-7-3-2-4-8-19/h2-10,15-16H,11-14,17H2,1H3,(H,22,25). The number of benzene rings is 2. The Bertz CT molecular complexity index is 934. The minimum absolute atomic E-state index is 0.0918. The summed E-state index contributed by atoms with van der Waals surface area (Å²) in [6, 6.07) is 17.0. The second-order valence-electron chi connectivity index (χ2n) is 6.85. The third-order valence-corrected chi connectivity index (χ3v) is 6.16. The monoisotopic (exact) mass is 399 g/mol. The molecule has 0 saturated carbocycles. The van der Waals surface area contributed by atoms with Crippen molar-refractivity contribution in [3.05, 3.63) is 71.1 Å². The normalized spacial score (nSPS) is 16.3. The van der Waals surface area contributed by atoms with E-state index in [0.717, 1.165) is 16.8 Å². The zero-order valence-electron chi connectivity index (χ0n) is 15.9. The van der Waals surface area contributed by atoms with Gasteiger partial charge in [-0.15, -0.1) is 0 Å². The van der Waals surface area contributed by atoms with Crippen LogP contribution in [0.15, 0.2) is 60.0 Å². The molecule has 0 aromatic heterocycles. The molecule has 28 heavy (non-hydrogen) atoms. The number of hydrogen-bond acceptors (Lipinski definition) is 4. The Morgan fingerprint density at radius 1 is 1.04 bits per heavy atom. The van der Waals surface area contributed by atoms with Crippen LogP contribution >= 0.6 is 0 Å². The maximum Gasteiger partial charge on any atom is 0.238 e. The van der Waals surface area contributed by atoms with E-state index in [-0.39, 0.29) is 12.5 Å². The second-order valence-corrected chi connectivity index (χ2v) is 8.67. The van der Waals surface area contributed by atoms with Crippen molar-refractivity contribution in [1.82, 2.24) is 9.21 Å². The molecule has 1 fully saturated rings. The first kappa shape index (κ1) is 20.3. The second kappa shape index (κ2) is 9.14. The van der Waals surface area contributed by atoms with E-state index in [2.05, 4.69) is 5.32 Å². The summed E-state index contributed by atoms with van der Waals surface area (Å²) < 4.78 is 26.5. The molecule has 0 aliphatic carbocycles. The summed E-state index contributed by atoms with van der Waals surface area (Å²) in [5, 5.41) is 4.14. The van der Waals surface area contributed by atoms with Crippen molar-refractivity contribution in [2.75, 3.05) is 38.0 Å². The first-order valence-electron chi connectivity index (χ1n) is 9.24. The molecule has 0 bridgehead atoms. The number of carbonyl (C=O) groups excluding carboxylic acids is 1. The topological polar surface area (TPSA) is 69.7 Å². The fraction of sp³-hybridized carbons (Fsp3) is 0.286. The Kier molecular flexibility index (Phi) is 6.61. The van der Waals surface area contributed by atoms with E-state index < -0.39 is 10.0 Å². The lowest BCUT2D eigenvalue weighted by atomic mass is 10.2. The van der Waals surface area contributed by atoms with Crippen molar-refractivity contribution in [1.29, 1.82) is 0 Å². The van der Waals surface area contributed by atoms with Gasteiger partial charge in [-0.25, -0.2) is 8.42 Å². The SMILES string of the molecule is Cc1cccc(NC(=O)CN2CCN(S(=O)(=O)C=Cc3ccccc3)CC2)c1. The van der Waals surface area contributed by atoms with E-state index in [1.807, 2.05) is 66.4 Å². The van der Waals surface area contributed by atoms with Crippen molar-refractivity contribution in [2.24, 2.45) is 0 Å². The molecule has 1 aliphatic rings. The Morgan fingerprint density at radius 3 is 2.43 bits per heavy atom. The molecule has 3 rings (SSSR count). The third-order valence-electron chi connectivity index (χ3n) is 4.59. The van der Waals surface area contributed by atoms with Gasteiger partial charge in [-0.2, -0.15) is 4.31 Å². The van der Waals surface area contributed by atoms with Gasteiger partial charge in [0.15, 0.2) is 0 Å². The molecule has 1 amide bonds. The number of anilines is 1. The summed E-state index contributed by atoms with van der Waals surface area (Å²) >= 11 is 0. The number of aryl methyl sites for hydroxylation is 1. The van der Waals surface area contributed by atoms with Crippen LogP contribution in [-0.2, 0) is 14.8 Å². The smallest absolute Gasteiger partial charge is 0.238 e. The molecular weight excluding hydrogens is 374 g/mol. The highest BCUT2D eigenvalue weighted by Gasteiger charge is 2.25. The van der Waals surface area contributed by atoms with E-state index in [1.54, 1.807) is 6.08 Å². The fourth-order valence-corrected chi connectivity index (χ4v) is 4.26. The van der Waals surface area contributed by atoms with Crippen LogP contribution in [0.25, 0.3) is 6.08 Å². The Labute approximate surface area is 166 Å². The number of carbonyl (C=O) groups is 1. The summed E-state index contributed by atoms with van der Waals surface area (Å²) in [6.45, 7) is 4.03. The molecule has 0 radical (unpaired) electrons. The van der Waals surface area contributed by atoms with E-state index in [9.17, 15) is 13.2 Å². The molecule has 1 aliphatic heterocycles. The summed E-state index contributed by atoms with van der Waals surface area (Å²) in [6.07, 6.45) is 1.61. The third kappa shape index (κ3) is 5.76. The van der Waals surface area contributed by atoms with Crippen LogP contribution in [0, 0.1) is 6.92 Å². The number of hydrogen-bond donors (Lipinski definition) is 1. The van der Waals surface area contributed by atoms with Crippen LogP contribution in [-0.4, -0.2) is 56.3 Å². The minimum atomic E-state index is -3.46. The zero-order chi connectivity index (χ0) is 20.0. The molecule has 148 valence electrons. The maximum atomic E-state index is 12.5.